The molecule has 0 saturated carbocycles. The Balaban J connectivity index is 2.15. The molecule has 5 heteroatoms. The molecule has 2 aromatic rings. The molecule has 2 aromatic carbocycles. The van der Waals surface area contributed by atoms with Crippen LogP contribution in [0.25, 0.3) is 0 Å². The maximum absolute atomic E-state index is 13.5. The van der Waals surface area contributed by atoms with Gasteiger partial charge in [0.05, 0.1) is 18.2 Å². The van der Waals surface area contributed by atoms with Crippen molar-refractivity contribution in [2.45, 2.75) is 13.5 Å². The van der Waals surface area contributed by atoms with E-state index in [1.165, 1.54) is 6.07 Å². The van der Waals surface area contributed by atoms with Gasteiger partial charge in [-0.1, -0.05) is 12.1 Å². The molecule has 0 spiro atoms. The molecule has 21 heavy (non-hydrogen) atoms. The van der Waals surface area contributed by atoms with E-state index in [2.05, 4.69) is 21.2 Å². The SMILES string of the molecule is CCOc1cccc(CNc2ccc(Br)c(F)c2)c1OC. The van der Waals surface area contributed by atoms with Gasteiger partial charge in [-0.3, -0.25) is 0 Å². The zero-order valence-corrected chi connectivity index (χ0v) is 13.5. The van der Waals surface area contributed by atoms with E-state index in [9.17, 15) is 4.39 Å². The van der Waals surface area contributed by atoms with E-state index in [4.69, 9.17) is 9.47 Å². The largest absolute Gasteiger partial charge is 0.493 e. The molecule has 0 unspecified atom stereocenters. The van der Waals surface area contributed by atoms with Gasteiger partial charge in [-0.05, 0) is 47.1 Å². The van der Waals surface area contributed by atoms with Gasteiger partial charge in [0, 0.05) is 17.8 Å². The Bertz CT molecular complexity index is 619. The van der Waals surface area contributed by atoms with E-state index in [1.807, 2.05) is 31.2 Å². The molecule has 0 heterocycles. The van der Waals surface area contributed by atoms with Crippen LogP contribution >= 0.6 is 15.9 Å². The minimum absolute atomic E-state index is 0.296. The van der Waals surface area contributed by atoms with Gasteiger partial charge in [0.15, 0.2) is 11.5 Å². The Kier molecular flexibility index (Phi) is 5.44. The lowest BCUT2D eigenvalue weighted by atomic mass is 10.1. The molecular weight excluding hydrogens is 337 g/mol. The standard InChI is InChI=1S/C16H17BrFNO2/c1-3-21-15-6-4-5-11(16(15)20-2)10-19-12-7-8-13(17)14(18)9-12/h4-9,19H,3,10H2,1-2H3. The molecule has 0 aliphatic carbocycles. The fourth-order valence-corrected chi connectivity index (χ4v) is 2.25. The normalized spacial score (nSPS) is 10.3. The van der Waals surface area contributed by atoms with Gasteiger partial charge in [0.25, 0.3) is 0 Å². The minimum Gasteiger partial charge on any atom is -0.493 e. The van der Waals surface area contributed by atoms with Crippen LogP contribution in [-0.4, -0.2) is 13.7 Å². The second-order valence-electron chi connectivity index (χ2n) is 4.36. The number of anilines is 1. The Morgan fingerprint density at radius 3 is 2.71 bits per heavy atom. The molecular formula is C16H17BrFNO2. The smallest absolute Gasteiger partial charge is 0.165 e. The van der Waals surface area contributed by atoms with Gasteiger partial charge < -0.3 is 14.8 Å². The Hall–Kier alpha value is -1.75. The van der Waals surface area contributed by atoms with Crippen LogP contribution in [-0.2, 0) is 6.54 Å². The maximum Gasteiger partial charge on any atom is 0.165 e. The third-order valence-corrected chi connectivity index (χ3v) is 3.61. The number of hydrogen-bond acceptors (Lipinski definition) is 3. The summed E-state index contributed by atoms with van der Waals surface area (Å²) >= 11 is 3.14. The first-order valence-electron chi connectivity index (χ1n) is 6.63. The van der Waals surface area contributed by atoms with Crippen LogP contribution in [0.5, 0.6) is 11.5 Å². The van der Waals surface area contributed by atoms with Crippen molar-refractivity contribution in [1.29, 1.82) is 0 Å². The van der Waals surface area contributed by atoms with Gasteiger partial charge in [-0.15, -0.1) is 0 Å². The lowest BCUT2D eigenvalue weighted by Gasteiger charge is -2.14. The second-order valence-corrected chi connectivity index (χ2v) is 5.22. The Labute approximate surface area is 132 Å². The monoisotopic (exact) mass is 353 g/mol. The third-order valence-electron chi connectivity index (χ3n) is 2.97. The summed E-state index contributed by atoms with van der Waals surface area (Å²) in [6, 6.07) is 10.7. The molecule has 112 valence electrons. The lowest BCUT2D eigenvalue weighted by molar-refractivity contribution is 0.309. The second kappa shape index (κ2) is 7.31. The predicted molar refractivity (Wildman–Crippen MR) is 85.6 cm³/mol. The molecule has 0 radical (unpaired) electrons. The maximum atomic E-state index is 13.5. The number of hydrogen-bond donors (Lipinski definition) is 1. The summed E-state index contributed by atoms with van der Waals surface area (Å²) in [6.07, 6.45) is 0. The number of benzene rings is 2. The molecule has 1 N–H and O–H groups in total. The summed E-state index contributed by atoms with van der Waals surface area (Å²) in [5.74, 6) is 1.11. The average Bonchev–Trinajstić information content (AvgIpc) is 2.49. The topological polar surface area (TPSA) is 30.5 Å². The first-order chi connectivity index (χ1) is 10.2. The molecule has 0 aromatic heterocycles. The third kappa shape index (κ3) is 3.88. The molecule has 0 fully saturated rings. The summed E-state index contributed by atoms with van der Waals surface area (Å²) in [4.78, 5) is 0. The van der Waals surface area contributed by atoms with Crippen molar-refractivity contribution >= 4 is 21.6 Å². The number of methoxy groups -OCH3 is 1. The van der Waals surface area contributed by atoms with E-state index >= 15 is 0 Å². The summed E-state index contributed by atoms with van der Waals surface area (Å²) in [6.45, 7) is 3.02. The van der Waals surface area contributed by atoms with E-state index in [0.29, 0.717) is 34.8 Å². The zero-order chi connectivity index (χ0) is 15.2. The molecule has 0 aliphatic rings. The molecule has 0 saturated heterocycles. The lowest BCUT2D eigenvalue weighted by Crippen LogP contribution is -2.04. The zero-order valence-electron chi connectivity index (χ0n) is 12.0. The summed E-state index contributed by atoms with van der Waals surface area (Å²) in [5.41, 5.74) is 1.66. The summed E-state index contributed by atoms with van der Waals surface area (Å²) < 4.78 is 24.9. The molecule has 0 bridgehead atoms. The predicted octanol–water partition coefficient (Wildman–Crippen LogP) is 4.61. The van der Waals surface area contributed by atoms with Crippen molar-refractivity contribution in [2.75, 3.05) is 19.0 Å². The van der Waals surface area contributed by atoms with Gasteiger partial charge in [0.1, 0.15) is 5.82 Å². The van der Waals surface area contributed by atoms with Crippen molar-refractivity contribution in [1.82, 2.24) is 0 Å². The van der Waals surface area contributed by atoms with Gasteiger partial charge in [-0.2, -0.15) is 0 Å². The van der Waals surface area contributed by atoms with E-state index in [0.717, 1.165) is 5.56 Å². The molecule has 0 atom stereocenters. The average molecular weight is 354 g/mol. The first kappa shape index (κ1) is 15.6. The van der Waals surface area contributed by atoms with E-state index in [1.54, 1.807) is 13.2 Å². The summed E-state index contributed by atoms with van der Waals surface area (Å²) in [7, 11) is 1.61. The molecule has 3 nitrogen and oxygen atoms in total. The number of ether oxygens (including phenoxy) is 2. The highest BCUT2D eigenvalue weighted by Gasteiger charge is 2.10. The van der Waals surface area contributed by atoms with E-state index in [-0.39, 0.29) is 5.82 Å². The van der Waals surface area contributed by atoms with E-state index < -0.39 is 0 Å². The van der Waals surface area contributed by atoms with Crippen LogP contribution in [0, 0.1) is 5.82 Å². The van der Waals surface area contributed by atoms with Gasteiger partial charge in [-0.25, -0.2) is 4.39 Å². The number of rotatable bonds is 6. The Morgan fingerprint density at radius 2 is 2.05 bits per heavy atom. The molecule has 2 rings (SSSR count). The fraction of sp³-hybridized carbons (Fsp3) is 0.250. The van der Waals surface area contributed by atoms with Crippen LogP contribution in [0.4, 0.5) is 10.1 Å². The van der Waals surface area contributed by atoms with Crippen molar-refractivity contribution in [3.8, 4) is 11.5 Å². The van der Waals surface area contributed by atoms with Gasteiger partial charge >= 0.3 is 0 Å². The van der Waals surface area contributed by atoms with Crippen molar-refractivity contribution < 1.29 is 13.9 Å². The van der Waals surface area contributed by atoms with Crippen LogP contribution in [0.1, 0.15) is 12.5 Å². The van der Waals surface area contributed by atoms with Crippen LogP contribution in [0.2, 0.25) is 0 Å². The molecule has 0 amide bonds. The van der Waals surface area contributed by atoms with Crippen LogP contribution in [0.3, 0.4) is 0 Å². The first-order valence-corrected chi connectivity index (χ1v) is 7.42. The van der Waals surface area contributed by atoms with Crippen molar-refractivity contribution in [3.05, 3.63) is 52.3 Å². The van der Waals surface area contributed by atoms with Crippen molar-refractivity contribution in [2.24, 2.45) is 0 Å². The quantitative estimate of drug-likeness (QED) is 0.822. The summed E-state index contributed by atoms with van der Waals surface area (Å²) in [5, 5.41) is 3.18. The molecule has 0 aliphatic heterocycles. The Morgan fingerprint density at radius 1 is 1.24 bits per heavy atom. The highest BCUT2D eigenvalue weighted by Crippen LogP contribution is 2.31. The van der Waals surface area contributed by atoms with Gasteiger partial charge in [0.2, 0.25) is 0 Å². The highest BCUT2D eigenvalue weighted by atomic mass is 79.9. The number of halogens is 2. The van der Waals surface area contributed by atoms with Crippen LogP contribution < -0.4 is 14.8 Å². The number of nitrogens with one attached hydrogen (secondary N) is 1. The highest BCUT2D eigenvalue weighted by molar-refractivity contribution is 9.10. The van der Waals surface area contributed by atoms with Crippen molar-refractivity contribution in [3.63, 3.8) is 0 Å². The number of para-hydroxylation sites is 1. The fourth-order valence-electron chi connectivity index (χ4n) is 2.00. The minimum atomic E-state index is -0.296. The van der Waals surface area contributed by atoms with Crippen LogP contribution in [0.15, 0.2) is 40.9 Å².